The minimum atomic E-state index is -1.08. The van der Waals surface area contributed by atoms with Gasteiger partial charge in [0.1, 0.15) is 0 Å². The van der Waals surface area contributed by atoms with E-state index >= 15 is 0 Å². The van der Waals surface area contributed by atoms with E-state index < -0.39 is 12.6 Å². The molecule has 1 amide bonds. The third-order valence-electron chi connectivity index (χ3n) is 3.88. The summed E-state index contributed by atoms with van der Waals surface area (Å²) in [6.07, 6.45) is 1.69. The molecule has 9 heteroatoms. The molecule has 7 nitrogen and oxygen atoms in total. The third kappa shape index (κ3) is 5.30. The maximum atomic E-state index is 12.3. The molecule has 2 N–H and O–H groups in total. The Balaban J connectivity index is 1.82. The molecule has 1 heterocycles. The summed E-state index contributed by atoms with van der Waals surface area (Å²) in [6, 6.07) is 10.3. The Kier molecular flexibility index (Phi) is 6.46. The van der Waals surface area contributed by atoms with Gasteiger partial charge in [-0.15, -0.1) is 0 Å². The van der Waals surface area contributed by atoms with Gasteiger partial charge in [0.2, 0.25) is 0 Å². The smallest absolute Gasteiger partial charge is 0.341 e. The highest BCUT2D eigenvalue weighted by molar-refractivity contribution is 8.18. The summed E-state index contributed by atoms with van der Waals surface area (Å²) < 4.78 is 10.4. The number of carboxylic acids is 1. The monoisotopic (exact) mass is 432 g/mol. The second-order valence-corrected chi connectivity index (χ2v) is 7.47. The van der Waals surface area contributed by atoms with E-state index in [1.165, 1.54) is 18.9 Å². The Hall–Kier alpha value is -2.97. The number of thioether (sulfide) groups is 1. The van der Waals surface area contributed by atoms with Crippen LogP contribution in [0.15, 0.2) is 46.3 Å². The maximum absolute atomic E-state index is 12.3. The van der Waals surface area contributed by atoms with Crippen LogP contribution in [0.4, 0.5) is 5.69 Å². The number of aliphatic imine (C=N–C) groups is 1. The van der Waals surface area contributed by atoms with Crippen molar-refractivity contribution in [2.24, 2.45) is 4.99 Å². The largest absolute Gasteiger partial charge is 0.493 e. The van der Waals surface area contributed by atoms with Crippen molar-refractivity contribution in [3.63, 3.8) is 0 Å². The number of hydrogen-bond donors (Lipinski definition) is 2. The number of benzene rings is 2. The summed E-state index contributed by atoms with van der Waals surface area (Å²) in [6.45, 7) is 1.44. The number of ether oxygens (including phenoxy) is 2. The average molecular weight is 433 g/mol. The van der Waals surface area contributed by atoms with Crippen LogP contribution in [0, 0.1) is 6.92 Å². The highest BCUT2D eigenvalue weighted by Crippen LogP contribution is 2.33. The van der Waals surface area contributed by atoms with Crippen LogP contribution in [0.3, 0.4) is 0 Å². The molecule has 0 aromatic heterocycles. The van der Waals surface area contributed by atoms with Crippen LogP contribution in [0.5, 0.6) is 11.5 Å². The summed E-state index contributed by atoms with van der Waals surface area (Å²) in [5, 5.41) is 12.5. The van der Waals surface area contributed by atoms with Crippen LogP contribution < -0.4 is 14.8 Å². The number of rotatable bonds is 6. The van der Waals surface area contributed by atoms with E-state index in [4.69, 9.17) is 26.2 Å². The zero-order valence-corrected chi connectivity index (χ0v) is 17.1. The Morgan fingerprint density at radius 2 is 2.07 bits per heavy atom. The lowest BCUT2D eigenvalue weighted by atomic mass is 10.2. The van der Waals surface area contributed by atoms with Gasteiger partial charge in [0, 0.05) is 5.02 Å². The molecule has 0 bridgehead atoms. The lowest BCUT2D eigenvalue weighted by molar-refractivity contribution is -0.139. The van der Waals surface area contributed by atoms with Crippen LogP contribution in [0.2, 0.25) is 5.02 Å². The van der Waals surface area contributed by atoms with E-state index in [1.54, 1.807) is 36.4 Å². The molecule has 1 fully saturated rings. The number of carbonyl (C=O) groups excluding carboxylic acids is 1. The van der Waals surface area contributed by atoms with E-state index in [0.717, 1.165) is 5.56 Å². The van der Waals surface area contributed by atoms with Crippen LogP contribution in [-0.2, 0) is 9.59 Å². The van der Waals surface area contributed by atoms with E-state index in [-0.39, 0.29) is 5.91 Å². The molecule has 1 aliphatic rings. The first-order valence-electron chi connectivity index (χ1n) is 8.44. The topological polar surface area (TPSA) is 97.2 Å². The second kappa shape index (κ2) is 9.02. The highest BCUT2D eigenvalue weighted by atomic mass is 35.5. The molecule has 3 rings (SSSR count). The SMILES string of the molecule is COc1cc(/C=C2\SC(=Nc3cc(Cl)ccc3C)NC2=O)ccc1OCC(=O)O. The Bertz CT molecular complexity index is 1040. The number of aliphatic carboxylic acids is 1. The van der Waals surface area contributed by atoms with Crippen LogP contribution in [-0.4, -0.2) is 35.9 Å². The molecule has 0 radical (unpaired) electrons. The third-order valence-corrected chi connectivity index (χ3v) is 5.03. The fraction of sp³-hybridized carbons (Fsp3) is 0.150. The lowest BCUT2D eigenvalue weighted by Gasteiger charge is -2.09. The molecular weight excluding hydrogens is 416 g/mol. The second-order valence-electron chi connectivity index (χ2n) is 6.01. The normalized spacial score (nSPS) is 16.2. The van der Waals surface area contributed by atoms with Crippen molar-refractivity contribution in [1.82, 2.24) is 5.32 Å². The van der Waals surface area contributed by atoms with Crippen molar-refractivity contribution < 1.29 is 24.2 Å². The number of carboxylic acid groups (broad SMARTS) is 1. The standard InChI is InChI=1S/C20H17ClN2O5S/c1-11-3-5-13(21)9-14(11)22-20-23-19(26)17(29-20)8-12-4-6-15(16(7-12)27-2)28-10-18(24)25/h3-9H,10H2,1-2H3,(H,24,25)(H,22,23,26)/b17-8-. The van der Waals surface area contributed by atoms with Crippen LogP contribution >= 0.6 is 23.4 Å². The highest BCUT2D eigenvalue weighted by Gasteiger charge is 2.24. The minimum Gasteiger partial charge on any atom is -0.493 e. The average Bonchev–Trinajstić information content (AvgIpc) is 3.02. The van der Waals surface area contributed by atoms with Crippen molar-refractivity contribution in [2.45, 2.75) is 6.92 Å². The van der Waals surface area contributed by atoms with E-state index in [0.29, 0.717) is 37.8 Å². The zero-order chi connectivity index (χ0) is 21.0. The maximum Gasteiger partial charge on any atom is 0.341 e. The summed E-state index contributed by atoms with van der Waals surface area (Å²) in [4.78, 5) is 27.9. The molecule has 150 valence electrons. The number of nitrogens with one attached hydrogen (secondary N) is 1. The number of aryl methyl sites for hydroxylation is 1. The van der Waals surface area contributed by atoms with Gasteiger partial charge in [-0.05, 0) is 60.2 Å². The number of nitrogens with zero attached hydrogens (tertiary/aromatic N) is 1. The summed E-state index contributed by atoms with van der Waals surface area (Å²) >= 11 is 7.23. The quantitative estimate of drug-likeness (QED) is 0.669. The van der Waals surface area contributed by atoms with Gasteiger partial charge in [0.25, 0.3) is 5.91 Å². The Morgan fingerprint density at radius 3 is 2.79 bits per heavy atom. The number of halogens is 1. The first kappa shape index (κ1) is 20.8. The first-order chi connectivity index (χ1) is 13.9. The molecule has 29 heavy (non-hydrogen) atoms. The Labute approximate surface area is 176 Å². The van der Waals surface area contributed by atoms with Gasteiger partial charge < -0.3 is 19.9 Å². The van der Waals surface area contributed by atoms with Gasteiger partial charge in [0.05, 0.1) is 17.7 Å². The molecule has 0 saturated carbocycles. The molecule has 0 atom stereocenters. The van der Waals surface area contributed by atoms with Gasteiger partial charge >= 0.3 is 5.97 Å². The molecule has 1 saturated heterocycles. The molecular formula is C20H17ClN2O5S. The predicted octanol–water partition coefficient (Wildman–Crippen LogP) is 4.01. The molecule has 2 aromatic rings. The van der Waals surface area contributed by atoms with Crippen LogP contribution in [0.25, 0.3) is 6.08 Å². The predicted molar refractivity (Wildman–Crippen MR) is 113 cm³/mol. The minimum absolute atomic E-state index is 0.265. The number of amides is 1. The molecule has 1 aliphatic heterocycles. The first-order valence-corrected chi connectivity index (χ1v) is 9.63. The van der Waals surface area contributed by atoms with Crippen molar-refractivity contribution in [2.75, 3.05) is 13.7 Å². The van der Waals surface area contributed by atoms with Gasteiger partial charge in [-0.2, -0.15) is 0 Å². The number of hydrogen-bond acceptors (Lipinski definition) is 6. The van der Waals surface area contributed by atoms with E-state index in [2.05, 4.69) is 10.3 Å². The molecule has 2 aromatic carbocycles. The van der Waals surface area contributed by atoms with E-state index in [9.17, 15) is 9.59 Å². The number of carbonyl (C=O) groups is 2. The zero-order valence-electron chi connectivity index (χ0n) is 15.6. The van der Waals surface area contributed by atoms with Crippen molar-refractivity contribution in [1.29, 1.82) is 0 Å². The van der Waals surface area contributed by atoms with Gasteiger partial charge in [-0.3, -0.25) is 4.79 Å². The van der Waals surface area contributed by atoms with Gasteiger partial charge in [0.15, 0.2) is 23.3 Å². The molecule has 0 aliphatic carbocycles. The van der Waals surface area contributed by atoms with Gasteiger partial charge in [-0.25, -0.2) is 9.79 Å². The molecule has 0 unspecified atom stereocenters. The fourth-order valence-corrected chi connectivity index (χ4v) is 3.48. The lowest BCUT2D eigenvalue weighted by Crippen LogP contribution is -2.19. The number of amidine groups is 1. The van der Waals surface area contributed by atoms with Crippen molar-refractivity contribution in [3.8, 4) is 11.5 Å². The van der Waals surface area contributed by atoms with Crippen molar-refractivity contribution >= 4 is 52.2 Å². The molecule has 0 spiro atoms. The van der Waals surface area contributed by atoms with Gasteiger partial charge in [-0.1, -0.05) is 23.7 Å². The summed E-state index contributed by atoms with van der Waals surface area (Å²) in [7, 11) is 1.45. The van der Waals surface area contributed by atoms with Crippen LogP contribution in [0.1, 0.15) is 11.1 Å². The fourth-order valence-electron chi connectivity index (χ4n) is 2.48. The van der Waals surface area contributed by atoms with Crippen molar-refractivity contribution in [3.05, 3.63) is 57.5 Å². The number of methoxy groups -OCH3 is 1. The summed E-state index contributed by atoms with van der Waals surface area (Å²) in [5.74, 6) is -0.677. The Morgan fingerprint density at radius 1 is 1.28 bits per heavy atom. The van der Waals surface area contributed by atoms with E-state index in [1.807, 2.05) is 13.0 Å². The summed E-state index contributed by atoms with van der Waals surface area (Å²) in [5.41, 5.74) is 2.32.